The standard InChI is InChI=1S/C8H16N2O4S/c1-2-3-6(9)7(15(12,13)14)4-5-8(10)11/h7,9H,2-5H2,1H3,(H2,10,11)(H,12,13,14). The first-order valence-electron chi connectivity index (χ1n) is 4.61. The van der Waals surface area contributed by atoms with Gasteiger partial charge >= 0.3 is 0 Å². The van der Waals surface area contributed by atoms with Gasteiger partial charge in [0.15, 0.2) is 0 Å². The molecule has 1 unspecified atom stereocenters. The fourth-order valence-electron chi connectivity index (χ4n) is 1.21. The first kappa shape index (κ1) is 14.1. The molecule has 0 bridgehead atoms. The van der Waals surface area contributed by atoms with Crippen LogP contribution in [0.15, 0.2) is 0 Å². The Morgan fingerprint density at radius 3 is 2.33 bits per heavy atom. The third-order valence-electron chi connectivity index (χ3n) is 1.92. The van der Waals surface area contributed by atoms with Gasteiger partial charge in [0.05, 0.1) is 0 Å². The van der Waals surface area contributed by atoms with Crippen molar-refractivity contribution in [2.24, 2.45) is 5.73 Å². The zero-order chi connectivity index (χ0) is 12.1. The Morgan fingerprint density at radius 2 is 2.00 bits per heavy atom. The van der Waals surface area contributed by atoms with Crippen LogP contribution in [0.25, 0.3) is 0 Å². The number of nitrogens with two attached hydrogens (primary N) is 1. The maximum absolute atomic E-state index is 10.9. The third-order valence-corrected chi connectivity index (χ3v) is 3.16. The maximum atomic E-state index is 10.9. The van der Waals surface area contributed by atoms with Crippen molar-refractivity contribution < 1.29 is 17.8 Å². The molecule has 88 valence electrons. The Labute approximate surface area is 89.1 Å². The zero-order valence-corrected chi connectivity index (χ0v) is 9.38. The van der Waals surface area contributed by atoms with Crippen LogP contribution in [0.3, 0.4) is 0 Å². The summed E-state index contributed by atoms with van der Waals surface area (Å²) in [7, 11) is -4.31. The molecule has 0 spiro atoms. The quantitative estimate of drug-likeness (QED) is 0.435. The first-order valence-corrected chi connectivity index (χ1v) is 6.11. The number of carbonyl (C=O) groups excluding carboxylic acids is 1. The van der Waals surface area contributed by atoms with Gasteiger partial charge in [-0.2, -0.15) is 8.42 Å². The van der Waals surface area contributed by atoms with Crippen LogP contribution >= 0.6 is 0 Å². The van der Waals surface area contributed by atoms with Gasteiger partial charge in [0.1, 0.15) is 5.25 Å². The van der Waals surface area contributed by atoms with Gasteiger partial charge in [-0.15, -0.1) is 0 Å². The predicted molar refractivity (Wildman–Crippen MR) is 56.4 cm³/mol. The van der Waals surface area contributed by atoms with Crippen molar-refractivity contribution in [3.8, 4) is 0 Å². The minimum absolute atomic E-state index is 0.0822. The molecule has 0 rings (SSSR count). The minimum Gasteiger partial charge on any atom is -0.370 e. The molecule has 0 aromatic rings. The summed E-state index contributed by atoms with van der Waals surface area (Å²) in [4.78, 5) is 10.5. The zero-order valence-electron chi connectivity index (χ0n) is 8.56. The Kier molecular flexibility index (Phi) is 5.45. The summed E-state index contributed by atoms with van der Waals surface area (Å²) in [5.41, 5.74) is 4.79. The number of nitrogens with one attached hydrogen (secondary N) is 1. The van der Waals surface area contributed by atoms with Crippen molar-refractivity contribution in [2.75, 3.05) is 0 Å². The van der Waals surface area contributed by atoms with E-state index in [2.05, 4.69) is 0 Å². The molecule has 0 heterocycles. The number of amides is 1. The highest BCUT2D eigenvalue weighted by atomic mass is 32.2. The van der Waals surface area contributed by atoms with Gasteiger partial charge < -0.3 is 11.1 Å². The average Bonchev–Trinajstić information content (AvgIpc) is 2.01. The number of hydrogen-bond acceptors (Lipinski definition) is 4. The Hall–Kier alpha value is -0.950. The lowest BCUT2D eigenvalue weighted by Crippen LogP contribution is -2.30. The summed E-state index contributed by atoms with van der Waals surface area (Å²) < 4.78 is 30.7. The van der Waals surface area contributed by atoms with Crippen LogP contribution in [0, 0.1) is 5.41 Å². The Balaban J connectivity index is 4.60. The van der Waals surface area contributed by atoms with E-state index in [0.29, 0.717) is 6.42 Å². The van der Waals surface area contributed by atoms with E-state index < -0.39 is 21.3 Å². The average molecular weight is 236 g/mol. The van der Waals surface area contributed by atoms with Gasteiger partial charge in [0, 0.05) is 12.1 Å². The first-order chi connectivity index (χ1) is 6.79. The number of primary amides is 1. The van der Waals surface area contributed by atoms with Gasteiger partial charge in [0.25, 0.3) is 10.1 Å². The van der Waals surface area contributed by atoms with Crippen LogP contribution in [-0.4, -0.2) is 29.8 Å². The van der Waals surface area contributed by atoms with E-state index in [-0.39, 0.29) is 25.0 Å². The second kappa shape index (κ2) is 5.82. The molecule has 0 radical (unpaired) electrons. The summed E-state index contributed by atoms with van der Waals surface area (Å²) in [5, 5.41) is 6.15. The van der Waals surface area contributed by atoms with E-state index in [1.165, 1.54) is 0 Å². The molecule has 6 nitrogen and oxygen atoms in total. The lowest BCUT2D eigenvalue weighted by molar-refractivity contribution is -0.118. The number of rotatable bonds is 7. The largest absolute Gasteiger partial charge is 0.370 e. The number of hydrogen-bond donors (Lipinski definition) is 3. The van der Waals surface area contributed by atoms with E-state index in [0.717, 1.165) is 0 Å². The molecule has 0 aliphatic carbocycles. The van der Waals surface area contributed by atoms with Crippen LogP contribution in [0.2, 0.25) is 0 Å². The van der Waals surface area contributed by atoms with Crippen LogP contribution in [-0.2, 0) is 14.9 Å². The van der Waals surface area contributed by atoms with Gasteiger partial charge in [0.2, 0.25) is 5.91 Å². The monoisotopic (exact) mass is 236 g/mol. The summed E-state index contributed by atoms with van der Waals surface area (Å²) in [5.74, 6) is -0.645. The normalized spacial score (nSPS) is 13.5. The van der Waals surface area contributed by atoms with Gasteiger partial charge in [-0.3, -0.25) is 9.35 Å². The topological polar surface area (TPSA) is 121 Å². The van der Waals surface area contributed by atoms with Crippen LogP contribution in [0.4, 0.5) is 0 Å². The highest BCUT2D eigenvalue weighted by molar-refractivity contribution is 7.87. The third kappa shape index (κ3) is 5.48. The molecule has 0 saturated heterocycles. The molecule has 4 N–H and O–H groups in total. The lowest BCUT2D eigenvalue weighted by Gasteiger charge is -2.13. The van der Waals surface area contributed by atoms with Crippen LogP contribution < -0.4 is 5.73 Å². The van der Waals surface area contributed by atoms with E-state index in [4.69, 9.17) is 15.7 Å². The fraction of sp³-hybridized carbons (Fsp3) is 0.750. The molecule has 15 heavy (non-hydrogen) atoms. The number of carbonyl (C=O) groups is 1. The molecule has 0 aliphatic heterocycles. The molecule has 1 amide bonds. The van der Waals surface area contributed by atoms with Crippen molar-refractivity contribution in [2.45, 2.75) is 37.9 Å². The van der Waals surface area contributed by atoms with E-state index >= 15 is 0 Å². The van der Waals surface area contributed by atoms with Crippen molar-refractivity contribution in [1.82, 2.24) is 0 Å². The molecule has 0 aromatic heterocycles. The summed E-state index contributed by atoms with van der Waals surface area (Å²) in [6, 6.07) is 0. The van der Waals surface area contributed by atoms with E-state index in [1.807, 2.05) is 0 Å². The minimum atomic E-state index is -4.31. The molecular weight excluding hydrogens is 220 g/mol. The Bertz CT molecular complexity index is 337. The van der Waals surface area contributed by atoms with E-state index in [1.54, 1.807) is 6.92 Å². The van der Waals surface area contributed by atoms with Crippen molar-refractivity contribution in [3.05, 3.63) is 0 Å². The molecule has 7 heteroatoms. The van der Waals surface area contributed by atoms with Gasteiger partial charge in [-0.25, -0.2) is 0 Å². The lowest BCUT2D eigenvalue weighted by atomic mass is 10.1. The highest BCUT2D eigenvalue weighted by Gasteiger charge is 2.27. The molecular formula is C8H16N2O4S. The molecule has 0 fully saturated rings. The summed E-state index contributed by atoms with van der Waals surface area (Å²) in [6.45, 7) is 1.80. The maximum Gasteiger partial charge on any atom is 0.273 e. The van der Waals surface area contributed by atoms with Crippen molar-refractivity contribution in [3.63, 3.8) is 0 Å². The molecule has 0 aliphatic rings. The molecule has 0 aromatic carbocycles. The Morgan fingerprint density at radius 1 is 1.47 bits per heavy atom. The van der Waals surface area contributed by atoms with Crippen molar-refractivity contribution in [1.29, 1.82) is 5.41 Å². The second-order valence-corrected chi connectivity index (χ2v) is 4.88. The smallest absolute Gasteiger partial charge is 0.273 e. The van der Waals surface area contributed by atoms with Crippen LogP contribution in [0.5, 0.6) is 0 Å². The van der Waals surface area contributed by atoms with Gasteiger partial charge in [-0.1, -0.05) is 13.3 Å². The fourth-order valence-corrected chi connectivity index (χ4v) is 2.10. The SMILES string of the molecule is CCCC(=N)C(CCC(N)=O)S(=O)(=O)O. The summed E-state index contributed by atoms with van der Waals surface area (Å²) in [6.07, 6.45) is 0.605. The predicted octanol–water partition coefficient (Wildman–Crippen LogP) is 0.328. The van der Waals surface area contributed by atoms with Crippen LogP contribution in [0.1, 0.15) is 32.6 Å². The highest BCUT2D eigenvalue weighted by Crippen LogP contribution is 2.11. The molecule has 1 atom stereocenters. The van der Waals surface area contributed by atoms with Gasteiger partial charge in [-0.05, 0) is 12.8 Å². The van der Waals surface area contributed by atoms with E-state index in [9.17, 15) is 13.2 Å². The van der Waals surface area contributed by atoms with Crippen molar-refractivity contribution >= 4 is 21.7 Å². The molecule has 0 saturated carbocycles. The second-order valence-electron chi connectivity index (χ2n) is 3.28. The summed E-state index contributed by atoms with van der Waals surface area (Å²) >= 11 is 0.